The molecule has 3 nitrogen and oxygen atoms in total. The number of hydrogen-bond acceptors (Lipinski definition) is 1. The van der Waals surface area contributed by atoms with Gasteiger partial charge in [0, 0.05) is 35.4 Å². The number of nitrogens with zero attached hydrogens (tertiary/aromatic N) is 1. The van der Waals surface area contributed by atoms with Crippen molar-refractivity contribution in [2.45, 2.75) is 51.8 Å². The van der Waals surface area contributed by atoms with Crippen LogP contribution in [0, 0.1) is 5.41 Å². The zero-order valence-corrected chi connectivity index (χ0v) is 20.0. The minimum absolute atomic E-state index is 0.212. The molecule has 3 aromatic carbocycles. The van der Waals surface area contributed by atoms with E-state index in [1.54, 1.807) is 0 Å². The highest BCUT2D eigenvalue weighted by Gasteiger charge is 2.28. The topological polar surface area (TPSA) is 34.0 Å². The Bertz CT molecular complexity index is 1290. The van der Waals surface area contributed by atoms with E-state index in [-0.39, 0.29) is 5.41 Å². The van der Waals surface area contributed by atoms with Crippen molar-refractivity contribution in [3.8, 4) is 11.1 Å². The molecule has 0 saturated heterocycles. The van der Waals surface area contributed by atoms with Crippen LogP contribution in [0.2, 0.25) is 0 Å². The summed E-state index contributed by atoms with van der Waals surface area (Å²) < 4.78 is 17.7. The molecule has 0 bridgehead atoms. The van der Waals surface area contributed by atoms with Crippen LogP contribution in [0.5, 0.6) is 0 Å². The first-order valence-electron chi connectivity index (χ1n) is 11.6. The maximum Gasteiger partial charge on any atom is 0.0947 e. The quantitative estimate of drug-likeness (QED) is 0.348. The molecule has 1 heterocycles. The summed E-state index contributed by atoms with van der Waals surface area (Å²) in [6.45, 7) is 8.44. The van der Waals surface area contributed by atoms with Crippen LogP contribution in [0.4, 0.5) is 0 Å². The average molecular weight is 445 g/mol. The van der Waals surface area contributed by atoms with Crippen molar-refractivity contribution >= 4 is 32.7 Å². The molecule has 0 spiro atoms. The van der Waals surface area contributed by atoms with E-state index in [2.05, 4.69) is 96.9 Å². The van der Waals surface area contributed by atoms with Gasteiger partial charge in [-0.2, -0.15) is 0 Å². The van der Waals surface area contributed by atoms with E-state index in [0.717, 1.165) is 32.4 Å². The Kier molecular flexibility index (Phi) is 5.68. The second kappa shape index (κ2) is 8.49. The molecule has 1 fully saturated rings. The highest BCUT2D eigenvalue weighted by Crippen LogP contribution is 2.33. The Morgan fingerprint density at radius 1 is 0.969 bits per heavy atom. The summed E-state index contributed by atoms with van der Waals surface area (Å²) in [6, 6.07) is 22.1. The van der Waals surface area contributed by atoms with E-state index in [1.165, 1.54) is 38.4 Å². The normalized spacial score (nSPS) is 15.5. The molecular weight excluding hydrogens is 412 g/mol. The summed E-state index contributed by atoms with van der Waals surface area (Å²) in [6.07, 6.45) is 5.53. The van der Waals surface area contributed by atoms with Gasteiger partial charge in [-0.15, -0.1) is 0 Å². The molecule has 1 aromatic heterocycles. The molecule has 32 heavy (non-hydrogen) atoms. The second-order valence-corrected chi connectivity index (χ2v) is 11.8. The zero-order chi connectivity index (χ0) is 22.3. The molecule has 4 heteroatoms. The fourth-order valence-electron chi connectivity index (χ4n) is 4.48. The molecule has 1 aliphatic rings. The molecule has 1 saturated carbocycles. The van der Waals surface area contributed by atoms with E-state index in [4.69, 9.17) is 0 Å². The minimum Gasteiger partial charge on any atom is -0.346 e. The lowest BCUT2D eigenvalue weighted by atomic mass is 9.87. The van der Waals surface area contributed by atoms with Gasteiger partial charge in [-0.25, -0.2) is 8.93 Å². The van der Waals surface area contributed by atoms with Gasteiger partial charge in [0.05, 0.1) is 11.0 Å². The Hall–Kier alpha value is -2.43. The predicted octanol–water partition coefficient (Wildman–Crippen LogP) is 6.47. The van der Waals surface area contributed by atoms with Crippen LogP contribution in [0.1, 0.15) is 39.2 Å². The van der Waals surface area contributed by atoms with Crippen LogP contribution in [0.25, 0.3) is 32.8 Å². The lowest BCUT2D eigenvalue weighted by Gasteiger charge is -2.17. The minimum atomic E-state index is -0.881. The van der Waals surface area contributed by atoms with Crippen molar-refractivity contribution in [3.63, 3.8) is 0 Å². The highest BCUT2D eigenvalue weighted by atomic mass is 32.2. The average Bonchev–Trinajstić information content (AvgIpc) is 3.57. The summed E-state index contributed by atoms with van der Waals surface area (Å²) >= 11 is 0. The van der Waals surface area contributed by atoms with Gasteiger partial charge in [-0.1, -0.05) is 63.2 Å². The van der Waals surface area contributed by atoms with Crippen LogP contribution in [0.3, 0.4) is 0 Å². The van der Waals surface area contributed by atoms with Gasteiger partial charge >= 0.3 is 0 Å². The third-order valence-electron chi connectivity index (χ3n) is 6.19. The van der Waals surface area contributed by atoms with E-state index in [0.29, 0.717) is 5.25 Å². The number of benzene rings is 3. The number of hydrogen-bond donors (Lipinski definition) is 1. The van der Waals surface area contributed by atoms with Crippen LogP contribution < -0.4 is 4.72 Å². The van der Waals surface area contributed by atoms with Crippen molar-refractivity contribution in [3.05, 3.63) is 72.4 Å². The van der Waals surface area contributed by atoms with Crippen molar-refractivity contribution in [2.75, 3.05) is 6.54 Å². The van der Waals surface area contributed by atoms with E-state index >= 15 is 0 Å². The standard InChI is InChI=1S/C28H32N2OS/c1-28(2,3)18-24-19-30(15-14-29-32(31)25-11-12-25)27-13-10-23(17-26(24)27)22-9-8-20-6-4-5-7-21(20)16-22/h4-10,13,16-17,19,25,29H,11-12,14-15,18H2,1-3H3. The summed E-state index contributed by atoms with van der Waals surface area (Å²) in [5.74, 6) is 0. The van der Waals surface area contributed by atoms with Crippen molar-refractivity contribution in [2.24, 2.45) is 5.41 Å². The van der Waals surface area contributed by atoms with Crippen molar-refractivity contribution in [1.29, 1.82) is 0 Å². The van der Waals surface area contributed by atoms with Gasteiger partial charge in [-0.05, 0) is 70.3 Å². The Morgan fingerprint density at radius 2 is 1.69 bits per heavy atom. The molecule has 0 aliphatic heterocycles. The third-order valence-corrected chi connectivity index (χ3v) is 7.76. The van der Waals surface area contributed by atoms with Crippen LogP contribution in [-0.4, -0.2) is 20.6 Å². The molecule has 166 valence electrons. The summed E-state index contributed by atoms with van der Waals surface area (Å²) in [4.78, 5) is 0. The van der Waals surface area contributed by atoms with Crippen LogP contribution in [0.15, 0.2) is 66.9 Å². The molecule has 1 atom stereocenters. The number of fused-ring (bicyclic) bond motifs is 2. The fraction of sp³-hybridized carbons (Fsp3) is 0.357. The van der Waals surface area contributed by atoms with E-state index in [9.17, 15) is 4.21 Å². The maximum absolute atomic E-state index is 12.1. The molecular formula is C28H32N2OS. The molecule has 1 N–H and O–H groups in total. The molecule has 0 amide bonds. The SMILES string of the molecule is CC(C)(C)Cc1cn(CCNS(=O)C2CC2)c2ccc(-c3ccc4ccccc4c3)cc12. The van der Waals surface area contributed by atoms with Gasteiger partial charge in [-0.3, -0.25) is 0 Å². The van der Waals surface area contributed by atoms with E-state index in [1.807, 2.05) is 0 Å². The Labute approximate surface area is 193 Å². The molecule has 5 rings (SSSR count). The lowest BCUT2D eigenvalue weighted by Crippen LogP contribution is -2.24. The van der Waals surface area contributed by atoms with Gasteiger partial charge < -0.3 is 4.57 Å². The fourth-order valence-corrected chi connectivity index (χ4v) is 5.58. The molecule has 1 unspecified atom stereocenters. The van der Waals surface area contributed by atoms with Crippen molar-refractivity contribution in [1.82, 2.24) is 9.29 Å². The number of nitrogens with one attached hydrogen (secondary N) is 1. The molecule has 4 aromatic rings. The lowest BCUT2D eigenvalue weighted by molar-refractivity contribution is 0.412. The Balaban J connectivity index is 1.49. The van der Waals surface area contributed by atoms with Gasteiger partial charge in [0.1, 0.15) is 0 Å². The summed E-state index contributed by atoms with van der Waals surface area (Å²) in [7, 11) is -0.881. The molecule has 1 aliphatic carbocycles. The summed E-state index contributed by atoms with van der Waals surface area (Å²) in [5, 5.41) is 4.24. The monoisotopic (exact) mass is 444 g/mol. The zero-order valence-electron chi connectivity index (χ0n) is 19.2. The summed E-state index contributed by atoms with van der Waals surface area (Å²) in [5.41, 5.74) is 5.36. The second-order valence-electron chi connectivity index (χ2n) is 10.3. The first-order chi connectivity index (χ1) is 15.4. The first kappa shape index (κ1) is 21.4. The van der Waals surface area contributed by atoms with Crippen LogP contribution in [-0.2, 0) is 24.0 Å². The van der Waals surface area contributed by atoms with Gasteiger partial charge in [0.2, 0.25) is 0 Å². The van der Waals surface area contributed by atoms with Gasteiger partial charge in [0.25, 0.3) is 0 Å². The third kappa shape index (κ3) is 4.67. The maximum atomic E-state index is 12.1. The molecule has 0 radical (unpaired) electrons. The largest absolute Gasteiger partial charge is 0.346 e. The highest BCUT2D eigenvalue weighted by molar-refractivity contribution is 7.84. The van der Waals surface area contributed by atoms with E-state index < -0.39 is 11.0 Å². The number of aromatic nitrogens is 1. The van der Waals surface area contributed by atoms with Crippen LogP contribution >= 0.6 is 0 Å². The number of rotatable bonds is 7. The van der Waals surface area contributed by atoms with Crippen molar-refractivity contribution < 1.29 is 4.21 Å². The Morgan fingerprint density at radius 3 is 2.44 bits per heavy atom. The van der Waals surface area contributed by atoms with Gasteiger partial charge in [0.15, 0.2) is 0 Å². The first-order valence-corrected chi connectivity index (χ1v) is 12.8. The smallest absolute Gasteiger partial charge is 0.0947 e. The predicted molar refractivity (Wildman–Crippen MR) is 137 cm³/mol.